The average molecular weight is 276 g/mol. The highest BCUT2D eigenvalue weighted by Crippen LogP contribution is 2.36. The maximum Gasteiger partial charge on any atom is 0.495 e. The molecule has 4 heteroatoms. The first-order valence-corrected chi connectivity index (χ1v) is 7.22. The third kappa shape index (κ3) is 2.91. The number of hydrogen-bond donors (Lipinski definition) is 1. The van der Waals surface area contributed by atoms with Gasteiger partial charge in [0.05, 0.1) is 11.2 Å². The van der Waals surface area contributed by atoms with Crippen LogP contribution in [0.2, 0.25) is 0 Å². The van der Waals surface area contributed by atoms with E-state index in [4.69, 9.17) is 9.31 Å². The quantitative estimate of drug-likeness (QED) is 0.676. The maximum absolute atomic E-state index is 6.10. The van der Waals surface area contributed by atoms with Gasteiger partial charge in [-0.05, 0) is 38.7 Å². The minimum Gasteiger partial charge on any atom is -0.399 e. The molecule has 1 saturated heterocycles. The summed E-state index contributed by atoms with van der Waals surface area (Å²) in [6, 6.07) is 8.16. The Bertz CT molecular complexity index is 467. The van der Waals surface area contributed by atoms with Gasteiger partial charge >= 0.3 is 7.12 Å². The monoisotopic (exact) mass is 276 g/mol. The Morgan fingerprint density at radius 2 is 1.68 bits per heavy atom. The van der Waals surface area contributed by atoms with E-state index in [-0.39, 0.29) is 18.3 Å². The van der Waals surface area contributed by atoms with Crippen LogP contribution in [0.4, 0.5) is 0 Å². The predicted molar refractivity (Wildman–Crippen MR) is 85.0 cm³/mol. The lowest BCUT2D eigenvalue weighted by Crippen LogP contribution is -2.41. The van der Waals surface area contributed by atoms with Gasteiger partial charge in [-0.3, -0.25) is 0 Å². The maximum atomic E-state index is 6.10. The van der Waals surface area contributed by atoms with Gasteiger partial charge in [0.25, 0.3) is 0 Å². The molecule has 0 spiro atoms. The third-order valence-corrected chi connectivity index (χ3v) is 4.12. The molecule has 0 unspecified atom stereocenters. The van der Waals surface area contributed by atoms with Gasteiger partial charge in [0.15, 0.2) is 0 Å². The van der Waals surface area contributed by atoms with E-state index in [2.05, 4.69) is 58.5 Å². The third-order valence-electron chi connectivity index (χ3n) is 3.91. The van der Waals surface area contributed by atoms with Crippen LogP contribution in [0.5, 0.6) is 0 Å². The van der Waals surface area contributed by atoms with Gasteiger partial charge in [0, 0.05) is 5.75 Å². The van der Waals surface area contributed by atoms with E-state index in [0.717, 1.165) is 16.8 Å². The van der Waals surface area contributed by atoms with E-state index >= 15 is 0 Å². The minimum atomic E-state index is -0.314. The van der Waals surface area contributed by atoms with Crippen LogP contribution in [0, 0.1) is 0 Å². The van der Waals surface area contributed by atoms with Crippen LogP contribution in [-0.4, -0.2) is 24.1 Å². The van der Waals surface area contributed by atoms with Crippen molar-refractivity contribution in [3.63, 3.8) is 0 Å². The molecule has 0 atom stereocenters. The van der Waals surface area contributed by atoms with Crippen molar-refractivity contribution >= 4 is 31.3 Å². The van der Waals surface area contributed by atoms with E-state index in [1.54, 1.807) is 0 Å². The number of hydrogen-bond acceptors (Lipinski definition) is 3. The van der Waals surface area contributed by atoms with Gasteiger partial charge in [-0.2, -0.15) is 12.6 Å². The molecule has 19 heavy (non-hydrogen) atoms. The standard InChI is InChI=1S/C15H21BO2S/c1-14(2)15(3,4)18-16(17-14)13-10-6-5-8-12(13)9-7-11-19/h5-10,19H,11H2,1-4H3. The molecule has 0 N–H and O–H groups in total. The summed E-state index contributed by atoms with van der Waals surface area (Å²) in [7, 11) is -0.314. The number of benzene rings is 1. The molecule has 0 amide bonds. The fourth-order valence-electron chi connectivity index (χ4n) is 2.03. The smallest absolute Gasteiger partial charge is 0.399 e. The van der Waals surface area contributed by atoms with Crippen LogP contribution < -0.4 is 5.46 Å². The fourth-order valence-corrected chi connectivity index (χ4v) is 2.13. The molecule has 0 saturated carbocycles. The van der Waals surface area contributed by atoms with E-state index in [0.29, 0.717) is 0 Å². The molecule has 0 aromatic heterocycles. The summed E-state index contributed by atoms with van der Waals surface area (Å²) in [6.45, 7) is 8.27. The van der Waals surface area contributed by atoms with Crippen LogP contribution in [0.3, 0.4) is 0 Å². The molecule has 1 aliphatic heterocycles. The largest absolute Gasteiger partial charge is 0.495 e. The van der Waals surface area contributed by atoms with E-state index in [9.17, 15) is 0 Å². The van der Waals surface area contributed by atoms with Crippen LogP contribution in [0.25, 0.3) is 6.08 Å². The highest BCUT2D eigenvalue weighted by molar-refractivity contribution is 7.80. The Balaban J connectivity index is 2.32. The van der Waals surface area contributed by atoms with Gasteiger partial charge < -0.3 is 9.31 Å². The summed E-state index contributed by atoms with van der Waals surface area (Å²) in [5, 5.41) is 0. The van der Waals surface area contributed by atoms with Crippen molar-refractivity contribution < 1.29 is 9.31 Å². The second kappa shape index (κ2) is 5.35. The first-order valence-electron chi connectivity index (χ1n) is 6.59. The SMILES string of the molecule is CC1(C)OB(c2ccccc2C=CCS)OC1(C)C. The van der Waals surface area contributed by atoms with Gasteiger partial charge in [0.1, 0.15) is 0 Å². The Labute approximate surface area is 121 Å². The van der Waals surface area contributed by atoms with Crippen LogP contribution >= 0.6 is 12.6 Å². The second-order valence-corrected chi connectivity index (χ2v) is 6.17. The van der Waals surface area contributed by atoms with Crippen molar-refractivity contribution in [1.82, 2.24) is 0 Å². The Kier molecular flexibility index (Phi) is 4.14. The molecular formula is C15H21BO2S. The van der Waals surface area contributed by atoms with Crippen molar-refractivity contribution in [2.75, 3.05) is 5.75 Å². The molecule has 2 rings (SSSR count). The van der Waals surface area contributed by atoms with E-state index in [1.807, 2.05) is 18.2 Å². The zero-order chi connectivity index (χ0) is 14.1. The first kappa shape index (κ1) is 14.7. The molecule has 0 radical (unpaired) electrons. The summed E-state index contributed by atoms with van der Waals surface area (Å²) in [5.41, 5.74) is 1.57. The molecule has 1 aliphatic rings. The molecule has 1 heterocycles. The van der Waals surface area contributed by atoms with Crippen LogP contribution in [-0.2, 0) is 9.31 Å². The molecule has 1 aromatic rings. The Morgan fingerprint density at radius 1 is 1.11 bits per heavy atom. The molecule has 0 aliphatic carbocycles. The lowest BCUT2D eigenvalue weighted by Gasteiger charge is -2.32. The minimum absolute atomic E-state index is 0.308. The van der Waals surface area contributed by atoms with Crippen molar-refractivity contribution in [3.8, 4) is 0 Å². The Morgan fingerprint density at radius 3 is 2.26 bits per heavy atom. The van der Waals surface area contributed by atoms with Crippen molar-refractivity contribution in [2.45, 2.75) is 38.9 Å². The fraction of sp³-hybridized carbons (Fsp3) is 0.467. The average Bonchev–Trinajstić information content (AvgIpc) is 2.56. The first-order chi connectivity index (χ1) is 8.87. The van der Waals surface area contributed by atoms with Crippen LogP contribution in [0.15, 0.2) is 30.3 Å². The zero-order valence-electron chi connectivity index (χ0n) is 12.0. The Hall–Kier alpha value is -0.705. The summed E-state index contributed by atoms with van der Waals surface area (Å²) in [5.74, 6) is 0.720. The summed E-state index contributed by atoms with van der Waals surface area (Å²) < 4.78 is 12.2. The van der Waals surface area contributed by atoms with Gasteiger partial charge in [-0.15, -0.1) is 0 Å². The molecule has 1 fully saturated rings. The number of rotatable bonds is 3. The van der Waals surface area contributed by atoms with Crippen molar-refractivity contribution in [2.24, 2.45) is 0 Å². The molecule has 2 nitrogen and oxygen atoms in total. The summed E-state index contributed by atoms with van der Waals surface area (Å²) >= 11 is 4.20. The second-order valence-electron chi connectivity index (χ2n) is 5.80. The highest BCUT2D eigenvalue weighted by Gasteiger charge is 2.52. The predicted octanol–water partition coefficient (Wildman–Crippen LogP) is 2.93. The van der Waals surface area contributed by atoms with Crippen molar-refractivity contribution in [1.29, 1.82) is 0 Å². The normalized spacial score (nSPS) is 21.2. The van der Waals surface area contributed by atoms with E-state index in [1.165, 1.54) is 0 Å². The summed E-state index contributed by atoms with van der Waals surface area (Å²) in [4.78, 5) is 0. The molecule has 1 aromatic carbocycles. The van der Waals surface area contributed by atoms with Crippen LogP contribution in [0.1, 0.15) is 33.3 Å². The lowest BCUT2D eigenvalue weighted by molar-refractivity contribution is 0.00578. The summed E-state index contributed by atoms with van der Waals surface area (Å²) in [6.07, 6.45) is 4.08. The lowest BCUT2D eigenvalue weighted by atomic mass is 9.76. The number of thiol groups is 1. The topological polar surface area (TPSA) is 18.5 Å². The molecular weight excluding hydrogens is 255 g/mol. The molecule has 0 bridgehead atoms. The highest BCUT2D eigenvalue weighted by atomic mass is 32.1. The van der Waals surface area contributed by atoms with E-state index < -0.39 is 0 Å². The van der Waals surface area contributed by atoms with Gasteiger partial charge in [0.2, 0.25) is 0 Å². The molecule has 102 valence electrons. The zero-order valence-corrected chi connectivity index (χ0v) is 12.9. The van der Waals surface area contributed by atoms with Gasteiger partial charge in [-0.25, -0.2) is 0 Å². The van der Waals surface area contributed by atoms with Crippen molar-refractivity contribution in [3.05, 3.63) is 35.9 Å². The van der Waals surface area contributed by atoms with Gasteiger partial charge in [-0.1, -0.05) is 36.4 Å².